The second-order valence-corrected chi connectivity index (χ2v) is 7.30. The lowest BCUT2D eigenvalue weighted by Crippen LogP contribution is -2.41. The van der Waals surface area contributed by atoms with Crippen molar-refractivity contribution in [3.63, 3.8) is 0 Å². The van der Waals surface area contributed by atoms with Gasteiger partial charge in [-0.25, -0.2) is 5.43 Å². The highest BCUT2D eigenvalue weighted by Gasteiger charge is 2.13. The normalized spacial score (nSPS) is 10.8. The van der Waals surface area contributed by atoms with Crippen molar-refractivity contribution in [3.05, 3.63) is 58.1 Å². The highest BCUT2D eigenvalue weighted by Crippen LogP contribution is 2.29. The summed E-state index contributed by atoms with van der Waals surface area (Å²) in [6, 6.07) is 13.0. The van der Waals surface area contributed by atoms with Gasteiger partial charge in [-0.05, 0) is 62.2 Å². The summed E-state index contributed by atoms with van der Waals surface area (Å²) >= 11 is 3.41. The predicted octanol–water partition coefficient (Wildman–Crippen LogP) is 3.40. The molecule has 0 saturated carbocycles. The van der Waals surface area contributed by atoms with E-state index >= 15 is 0 Å². The molecule has 8 heteroatoms. The zero-order chi connectivity index (χ0) is 21.2. The van der Waals surface area contributed by atoms with E-state index in [9.17, 15) is 9.59 Å². The molecule has 2 rings (SSSR count). The molecule has 0 unspecified atom stereocenters. The lowest BCUT2D eigenvalue weighted by atomic mass is 10.2. The fourth-order valence-electron chi connectivity index (χ4n) is 2.28. The molecule has 0 aliphatic rings. The first-order valence-corrected chi connectivity index (χ1v) is 9.96. The van der Waals surface area contributed by atoms with Gasteiger partial charge in [-0.2, -0.15) is 5.10 Å². The molecular formula is C21H24BrN3O4. The van der Waals surface area contributed by atoms with Gasteiger partial charge >= 0.3 is 11.8 Å². The monoisotopic (exact) mass is 461 g/mol. The van der Waals surface area contributed by atoms with Crippen LogP contribution >= 0.6 is 15.9 Å². The number of ether oxygens (including phenoxy) is 2. The summed E-state index contributed by atoms with van der Waals surface area (Å²) in [5.74, 6) is -0.386. The molecule has 154 valence electrons. The number of hydrazone groups is 1. The topological polar surface area (TPSA) is 89.0 Å². The summed E-state index contributed by atoms with van der Waals surface area (Å²) in [4.78, 5) is 23.2. The Morgan fingerprint density at radius 1 is 1.07 bits per heavy atom. The van der Waals surface area contributed by atoms with Crippen molar-refractivity contribution in [2.45, 2.75) is 33.4 Å². The second kappa shape index (κ2) is 11.2. The Labute approximate surface area is 178 Å². The Morgan fingerprint density at radius 3 is 2.45 bits per heavy atom. The molecule has 0 aromatic heterocycles. The van der Waals surface area contributed by atoms with Crippen molar-refractivity contribution in [2.75, 3.05) is 6.61 Å². The first kappa shape index (κ1) is 22.4. The molecular weight excluding hydrogens is 438 g/mol. The lowest BCUT2D eigenvalue weighted by molar-refractivity contribution is -0.139. The quantitative estimate of drug-likeness (QED) is 0.358. The number of carbonyl (C=O) groups is 2. The molecule has 2 aromatic rings. The fourth-order valence-corrected chi connectivity index (χ4v) is 2.54. The van der Waals surface area contributed by atoms with Gasteiger partial charge in [-0.15, -0.1) is 0 Å². The van der Waals surface area contributed by atoms with E-state index in [1.807, 2.05) is 31.2 Å². The predicted molar refractivity (Wildman–Crippen MR) is 115 cm³/mol. The Bertz CT molecular complexity index is 867. The molecule has 29 heavy (non-hydrogen) atoms. The standard InChI is InChI=1S/C21H24BrN3O4/c1-4-28-19-11-16(12-23-25-21(27)20(26)24-14(2)3)7-10-18(19)29-13-15-5-8-17(22)9-6-15/h5-12,14H,4,13H2,1-3H3,(H,24,26)(H,25,27)/b23-12-. The molecule has 2 N–H and O–H groups in total. The van der Waals surface area contributed by atoms with Crippen molar-refractivity contribution in [3.8, 4) is 11.5 Å². The molecule has 0 aliphatic heterocycles. The number of nitrogens with zero attached hydrogens (tertiary/aromatic N) is 1. The minimum atomic E-state index is -0.825. The van der Waals surface area contributed by atoms with E-state index in [2.05, 4.69) is 31.8 Å². The van der Waals surface area contributed by atoms with Crippen LogP contribution in [0.25, 0.3) is 0 Å². The van der Waals surface area contributed by atoms with Crippen LogP contribution in [0.2, 0.25) is 0 Å². The lowest BCUT2D eigenvalue weighted by Gasteiger charge is -2.12. The van der Waals surface area contributed by atoms with Crippen molar-refractivity contribution in [1.82, 2.24) is 10.7 Å². The van der Waals surface area contributed by atoms with Crippen LogP contribution in [-0.4, -0.2) is 30.7 Å². The number of carbonyl (C=O) groups excluding carboxylic acids is 2. The largest absolute Gasteiger partial charge is 0.490 e. The second-order valence-electron chi connectivity index (χ2n) is 6.38. The zero-order valence-electron chi connectivity index (χ0n) is 16.6. The van der Waals surface area contributed by atoms with Crippen molar-refractivity contribution < 1.29 is 19.1 Å². The fraction of sp³-hybridized carbons (Fsp3) is 0.286. The smallest absolute Gasteiger partial charge is 0.329 e. The van der Waals surface area contributed by atoms with Crippen LogP contribution in [0.3, 0.4) is 0 Å². The Morgan fingerprint density at radius 2 is 1.79 bits per heavy atom. The van der Waals surface area contributed by atoms with Crippen LogP contribution in [0.5, 0.6) is 11.5 Å². The molecule has 0 fully saturated rings. The summed E-state index contributed by atoms with van der Waals surface area (Å²) in [5, 5.41) is 6.31. The van der Waals surface area contributed by atoms with Crippen molar-refractivity contribution in [2.24, 2.45) is 5.10 Å². The van der Waals surface area contributed by atoms with Crippen LogP contribution in [0.1, 0.15) is 31.9 Å². The molecule has 0 radical (unpaired) electrons. The average molecular weight is 462 g/mol. The maximum Gasteiger partial charge on any atom is 0.329 e. The molecule has 0 heterocycles. The molecule has 0 atom stereocenters. The third-order valence-electron chi connectivity index (χ3n) is 3.58. The molecule has 0 aliphatic carbocycles. The number of hydrogen-bond donors (Lipinski definition) is 2. The zero-order valence-corrected chi connectivity index (χ0v) is 18.2. The number of amides is 2. The maximum atomic E-state index is 11.6. The first-order valence-electron chi connectivity index (χ1n) is 9.17. The highest BCUT2D eigenvalue weighted by molar-refractivity contribution is 9.10. The molecule has 0 saturated heterocycles. The van der Waals surface area contributed by atoms with E-state index in [1.165, 1.54) is 6.21 Å². The number of nitrogens with one attached hydrogen (secondary N) is 2. The van der Waals surface area contributed by atoms with Gasteiger partial charge < -0.3 is 14.8 Å². The van der Waals surface area contributed by atoms with E-state index in [0.717, 1.165) is 10.0 Å². The maximum absolute atomic E-state index is 11.6. The van der Waals surface area contributed by atoms with Gasteiger partial charge in [0.2, 0.25) is 0 Å². The summed E-state index contributed by atoms with van der Waals surface area (Å²) in [6.07, 6.45) is 1.43. The SMILES string of the molecule is CCOc1cc(/C=N\NC(=O)C(=O)NC(C)C)ccc1OCc1ccc(Br)cc1. The van der Waals surface area contributed by atoms with Crippen LogP contribution in [0, 0.1) is 0 Å². The number of halogens is 1. The van der Waals surface area contributed by atoms with E-state index in [-0.39, 0.29) is 6.04 Å². The average Bonchev–Trinajstić information content (AvgIpc) is 2.68. The molecule has 2 aromatic carbocycles. The van der Waals surface area contributed by atoms with E-state index < -0.39 is 11.8 Å². The summed E-state index contributed by atoms with van der Waals surface area (Å²) in [6.45, 7) is 6.30. The summed E-state index contributed by atoms with van der Waals surface area (Å²) < 4.78 is 12.5. The Balaban J connectivity index is 2.01. The van der Waals surface area contributed by atoms with Crippen LogP contribution in [0.4, 0.5) is 0 Å². The Hall–Kier alpha value is -2.87. The Kier molecular flexibility index (Phi) is 8.67. The molecule has 0 spiro atoms. The van der Waals surface area contributed by atoms with Gasteiger partial charge in [0.25, 0.3) is 0 Å². The first-order chi connectivity index (χ1) is 13.9. The molecule has 0 bridgehead atoms. The summed E-state index contributed by atoms with van der Waals surface area (Å²) in [7, 11) is 0. The van der Waals surface area contributed by atoms with Crippen LogP contribution < -0.4 is 20.2 Å². The third-order valence-corrected chi connectivity index (χ3v) is 4.11. The van der Waals surface area contributed by atoms with Gasteiger partial charge in [0.15, 0.2) is 11.5 Å². The third kappa shape index (κ3) is 7.57. The van der Waals surface area contributed by atoms with E-state index in [0.29, 0.717) is 30.3 Å². The number of hydrogen-bond acceptors (Lipinski definition) is 5. The van der Waals surface area contributed by atoms with Gasteiger partial charge in [0.1, 0.15) is 6.61 Å². The van der Waals surface area contributed by atoms with Gasteiger partial charge in [-0.3, -0.25) is 9.59 Å². The van der Waals surface area contributed by atoms with Gasteiger partial charge in [-0.1, -0.05) is 28.1 Å². The van der Waals surface area contributed by atoms with E-state index in [4.69, 9.17) is 9.47 Å². The van der Waals surface area contributed by atoms with Crippen molar-refractivity contribution >= 4 is 34.0 Å². The minimum absolute atomic E-state index is 0.129. The van der Waals surface area contributed by atoms with E-state index in [1.54, 1.807) is 32.0 Å². The molecule has 7 nitrogen and oxygen atoms in total. The molecule has 2 amide bonds. The van der Waals surface area contributed by atoms with Gasteiger partial charge in [0.05, 0.1) is 12.8 Å². The highest BCUT2D eigenvalue weighted by atomic mass is 79.9. The minimum Gasteiger partial charge on any atom is -0.490 e. The van der Waals surface area contributed by atoms with Crippen molar-refractivity contribution in [1.29, 1.82) is 0 Å². The van der Waals surface area contributed by atoms with Crippen LogP contribution in [0.15, 0.2) is 52.0 Å². The van der Waals surface area contributed by atoms with Crippen LogP contribution in [-0.2, 0) is 16.2 Å². The number of rotatable bonds is 8. The summed E-state index contributed by atoms with van der Waals surface area (Å²) in [5.41, 5.74) is 3.92. The number of benzene rings is 2. The van der Waals surface area contributed by atoms with Gasteiger partial charge in [0, 0.05) is 10.5 Å².